The highest BCUT2D eigenvalue weighted by Gasteiger charge is 2.10. The third-order valence-electron chi connectivity index (χ3n) is 1.91. The van der Waals surface area contributed by atoms with Crippen LogP contribution in [0.15, 0.2) is 12.7 Å². The number of hydrogen-bond donors (Lipinski definition) is 2. The van der Waals surface area contributed by atoms with Crippen molar-refractivity contribution >= 4 is 5.91 Å². The molecular formula is C10H21N3O. The fourth-order valence-corrected chi connectivity index (χ4v) is 1.07. The van der Waals surface area contributed by atoms with E-state index in [0.717, 1.165) is 13.0 Å². The molecule has 0 aromatic rings. The Hall–Kier alpha value is -0.870. The molecule has 82 valence electrons. The van der Waals surface area contributed by atoms with Crippen LogP contribution in [0.2, 0.25) is 0 Å². The molecule has 1 amide bonds. The van der Waals surface area contributed by atoms with Gasteiger partial charge in [-0.05, 0) is 34.1 Å². The first-order chi connectivity index (χ1) is 6.61. The molecular weight excluding hydrogens is 178 g/mol. The van der Waals surface area contributed by atoms with Crippen molar-refractivity contribution in [3.05, 3.63) is 12.7 Å². The third kappa shape index (κ3) is 5.72. The zero-order chi connectivity index (χ0) is 11.0. The highest BCUT2D eigenvalue weighted by Crippen LogP contribution is 1.85. The lowest BCUT2D eigenvalue weighted by Crippen LogP contribution is -2.41. The number of likely N-dealkylation sites (N-methyl/N-ethyl adjacent to an activating group) is 1. The van der Waals surface area contributed by atoms with Crippen LogP contribution in [0.25, 0.3) is 0 Å². The van der Waals surface area contributed by atoms with Crippen LogP contribution in [-0.4, -0.2) is 51.1 Å². The van der Waals surface area contributed by atoms with Gasteiger partial charge in [0, 0.05) is 6.54 Å². The second kappa shape index (κ2) is 7.53. The molecule has 0 aliphatic rings. The van der Waals surface area contributed by atoms with Crippen LogP contribution in [0.4, 0.5) is 0 Å². The van der Waals surface area contributed by atoms with E-state index >= 15 is 0 Å². The minimum absolute atomic E-state index is 0.0127. The Labute approximate surface area is 86.4 Å². The minimum Gasteiger partial charge on any atom is -0.354 e. The average Bonchev–Trinajstić information content (AvgIpc) is 2.14. The van der Waals surface area contributed by atoms with Crippen LogP contribution in [0.5, 0.6) is 0 Å². The van der Waals surface area contributed by atoms with Crippen molar-refractivity contribution < 1.29 is 4.79 Å². The summed E-state index contributed by atoms with van der Waals surface area (Å²) in [5, 5.41) is 5.70. The zero-order valence-corrected chi connectivity index (χ0v) is 9.34. The SMILES string of the molecule is C=C[C@@H](NC)C(=O)NCCCN(C)C. The van der Waals surface area contributed by atoms with E-state index in [-0.39, 0.29) is 11.9 Å². The van der Waals surface area contributed by atoms with Crippen LogP contribution < -0.4 is 10.6 Å². The molecule has 0 bridgehead atoms. The topological polar surface area (TPSA) is 44.4 Å². The Bertz CT molecular complexity index is 180. The number of carbonyl (C=O) groups is 1. The summed E-state index contributed by atoms with van der Waals surface area (Å²) in [6.45, 7) is 5.27. The smallest absolute Gasteiger partial charge is 0.241 e. The van der Waals surface area contributed by atoms with Crippen LogP contribution in [0, 0.1) is 0 Å². The van der Waals surface area contributed by atoms with E-state index in [2.05, 4.69) is 22.1 Å². The average molecular weight is 199 g/mol. The first-order valence-corrected chi connectivity index (χ1v) is 4.84. The molecule has 0 aromatic carbocycles. The molecule has 0 radical (unpaired) electrons. The lowest BCUT2D eigenvalue weighted by molar-refractivity contribution is -0.121. The van der Waals surface area contributed by atoms with Gasteiger partial charge in [-0.1, -0.05) is 6.08 Å². The van der Waals surface area contributed by atoms with Crippen LogP contribution in [-0.2, 0) is 4.79 Å². The Kier molecular flexibility index (Phi) is 7.06. The van der Waals surface area contributed by atoms with E-state index in [1.165, 1.54) is 0 Å². The molecule has 0 unspecified atom stereocenters. The highest BCUT2D eigenvalue weighted by molar-refractivity contribution is 5.83. The maximum atomic E-state index is 11.4. The Morgan fingerprint density at radius 3 is 2.64 bits per heavy atom. The van der Waals surface area contributed by atoms with E-state index in [1.807, 2.05) is 14.1 Å². The number of amides is 1. The zero-order valence-electron chi connectivity index (χ0n) is 9.34. The van der Waals surface area contributed by atoms with E-state index in [0.29, 0.717) is 6.54 Å². The Balaban J connectivity index is 3.57. The molecule has 2 N–H and O–H groups in total. The first kappa shape index (κ1) is 13.1. The molecule has 1 atom stereocenters. The lowest BCUT2D eigenvalue weighted by atomic mass is 10.2. The molecule has 0 saturated heterocycles. The number of carbonyl (C=O) groups excluding carboxylic acids is 1. The first-order valence-electron chi connectivity index (χ1n) is 4.84. The summed E-state index contributed by atoms with van der Waals surface area (Å²) in [7, 11) is 5.77. The van der Waals surface area contributed by atoms with Gasteiger partial charge in [-0.15, -0.1) is 6.58 Å². The molecule has 4 heteroatoms. The van der Waals surface area contributed by atoms with E-state index < -0.39 is 0 Å². The van der Waals surface area contributed by atoms with Gasteiger partial charge in [0.25, 0.3) is 0 Å². The fourth-order valence-electron chi connectivity index (χ4n) is 1.07. The quantitative estimate of drug-likeness (QED) is 0.442. The Morgan fingerprint density at radius 2 is 2.21 bits per heavy atom. The van der Waals surface area contributed by atoms with Gasteiger partial charge in [-0.2, -0.15) is 0 Å². The lowest BCUT2D eigenvalue weighted by Gasteiger charge is -2.13. The van der Waals surface area contributed by atoms with Gasteiger partial charge in [0.1, 0.15) is 6.04 Å². The standard InChI is InChI=1S/C10H21N3O/c1-5-9(11-2)10(14)12-7-6-8-13(3)4/h5,9,11H,1,6-8H2,2-4H3,(H,12,14)/t9-/m1/s1. The van der Waals surface area contributed by atoms with Gasteiger partial charge >= 0.3 is 0 Å². The van der Waals surface area contributed by atoms with E-state index in [4.69, 9.17) is 0 Å². The number of nitrogens with one attached hydrogen (secondary N) is 2. The van der Waals surface area contributed by atoms with E-state index in [1.54, 1.807) is 13.1 Å². The molecule has 4 nitrogen and oxygen atoms in total. The maximum absolute atomic E-state index is 11.4. The summed E-state index contributed by atoms with van der Waals surface area (Å²) < 4.78 is 0. The largest absolute Gasteiger partial charge is 0.354 e. The van der Waals surface area contributed by atoms with Crippen molar-refractivity contribution in [1.82, 2.24) is 15.5 Å². The second-order valence-corrected chi connectivity index (χ2v) is 3.45. The summed E-state index contributed by atoms with van der Waals surface area (Å²) in [5.41, 5.74) is 0. The van der Waals surface area contributed by atoms with Crippen molar-refractivity contribution in [2.24, 2.45) is 0 Å². The van der Waals surface area contributed by atoms with Crippen molar-refractivity contribution in [2.75, 3.05) is 34.2 Å². The molecule has 0 aliphatic carbocycles. The summed E-state index contributed by atoms with van der Waals surface area (Å²) in [5.74, 6) is -0.0127. The fraction of sp³-hybridized carbons (Fsp3) is 0.700. The molecule has 0 aliphatic heterocycles. The predicted molar refractivity (Wildman–Crippen MR) is 59.2 cm³/mol. The normalized spacial score (nSPS) is 12.6. The van der Waals surface area contributed by atoms with Crippen molar-refractivity contribution in [3.8, 4) is 0 Å². The van der Waals surface area contributed by atoms with Gasteiger partial charge in [0.2, 0.25) is 5.91 Å². The minimum atomic E-state index is -0.283. The maximum Gasteiger partial charge on any atom is 0.241 e. The predicted octanol–water partition coefficient (Wildman–Crippen LogP) is -0.172. The van der Waals surface area contributed by atoms with Crippen molar-refractivity contribution in [2.45, 2.75) is 12.5 Å². The van der Waals surface area contributed by atoms with Gasteiger partial charge in [0.15, 0.2) is 0 Å². The summed E-state index contributed by atoms with van der Waals surface area (Å²) >= 11 is 0. The molecule has 0 saturated carbocycles. The molecule has 0 heterocycles. The number of nitrogens with zero attached hydrogens (tertiary/aromatic N) is 1. The molecule has 0 rings (SSSR count). The van der Waals surface area contributed by atoms with E-state index in [9.17, 15) is 4.79 Å². The van der Waals surface area contributed by atoms with Gasteiger partial charge in [-0.25, -0.2) is 0 Å². The summed E-state index contributed by atoms with van der Waals surface area (Å²) in [6.07, 6.45) is 2.56. The van der Waals surface area contributed by atoms with Crippen LogP contribution in [0.3, 0.4) is 0 Å². The number of hydrogen-bond acceptors (Lipinski definition) is 3. The number of rotatable bonds is 7. The van der Waals surface area contributed by atoms with Gasteiger partial charge < -0.3 is 15.5 Å². The van der Waals surface area contributed by atoms with Crippen molar-refractivity contribution in [3.63, 3.8) is 0 Å². The molecule has 14 heavy (non-hydrogen) atoms. The summed E-state index contributed by atoms with van der Waals surface area (Å²) in [6, 6.07) is -0.283. The van der Waals surface area contributed by atoms with Gasteiger partial charge in [0.05, 0.1) is 0 Å². The Morgan fingerprint density at radius 1 is 1.57 bits per heavy atom. The molecule has 0 spiro atoms. The van der Waals surface area contributed by atoms with Crippen molar-refractivity contribution in [1.29, 1.82) is 0 Å². The second-order valence-electron chi connectivity index (χ2n) is 3.45. The van der Waals surface area contributed by atoms with Gasteiger partial charge in [-0.3, -0.25) is 4.79 Å². The van der Waals surface area contributed by atoms with Crippen LogP contribution >= 0.6 is 0 Å². The third-order valence-corrected chi connectivity index (χ3v) is 1.91. The van der Waals surface area contributed by atoms with Crippen LogP contribution in [0.1, 0.15) is 6.42 Å². The molecule has 0 aromatic heterocycles. The highest BCUT2D eigenvalue weighted by atomic mass is 16.2. The summed E-state index contributed by atoms with van der Waals surface area (Å²) in [4.78, 5) is 13.5. The molecule has 0 fully saturated rings. The monoisotopic (exact) mass is 199 g/mol.